The zero-order valence-corrected chi connectivity index (χ0v) is 17.1. The molecule has 1 aliphatic heterocycles. The summed E-state index contributed by atoms with van der Waals surface area (Å²) in [6, 6.07) is 6.10. The minimum Gasteiger partial charge on any atom is -0.490 e. The number of nitrogens with zero attached hydrogens (tertiary/aromatic N) is 1. The molecule has 0 aromatic heterocycles. The van der Waals surface area contributed by atoms with E-state index < -0.39 is 5.60 Å². The lowest BCUT2D eigenvalue weighted by molar-refractivity contribution is 0.0126. The Labute approximate surface area is 163 Å². The molecule has 5 heteroatoms. The molecule has 3 rings (SSSR count). The molecule has 0 radical (unpaired) electrons. The first kappa shape index (κ1) is 19.8. The molecule has 0 atom stereocenters. The van der Waals surface area contributed by atoms with E-state index in [4.69, 9.17) is 14.2 Å². The highest BCUT2D eigenvalue weighted by atomic mass is 16.6. The Morgan fingerprint density at radius 1 is 1.00 bits per heavy atom. The molecule has 1 saturated heterocycles. The van der Waals surface area contributed by atoms with E-state index in [-0.39, 0.29) is 12.2 Å². The first-order valence-corrected chi connectivity index (χ1v) is 10.2. The number of piperidine rings is 1. The summed E-state index contributed by atoms with van der Waals surface area (Å²) in [5.74, 6) is 1.79. The molecule has 2 fully saturated rings. The van der Waals surface area contributed by atoms with E-state index in [0.717, 1.165) is 42.7 Å². The second kappa shape index (κ2) is 8.41. The van der Waals surface area contributed by atoms with E-state index in [1.54, 1.807) is 4.90 Å². The number of amides is 1. The average Bonchev–Trinajstić information content (AvgIpc) is 3.10. The van der Waals surface area contributed by atoms with Gasteiger partial charge in [-0.3, -0.25) is 0 Å². The second-order valence-electron chi connectivity index (χ2n) is 8.74. The van der Waals surface area contributed by atoms with Gasteiger partial charge in [-0.2, -0.15) is 0 Å². The molecule has 1 heterocycles. The maximum atomic E-state index is 12.2. The predicted octanol–water partition coefficient (Wildman–Crippen LogP) is 5.09. The standard InChI is InChI=1S/C22H33NO4/c1-16-9-10-19(15-20(16)26-17-7-5-6-8-17)25-18-11-13-23(14-12-18)21(24)27-22(2,3)4/h9-10,15,17-18H,5-8,11-14H2,1-4H3. The van der Waals surface area contributed by atoms with Crippen LogP contribution in [0.3, 0.4) is 0 Å². The highest BCUT2D eigenvalue weighted by Crippen LogP contribution is 2.30. The van der Waals surface area contributed by atoms with Crippen molar-refractivity contribution in [3.05, 3.63) is 23.8 Å². The van der Waals surface area contributed by atoms with Crippen molar-refractivity contribution in [3.8, 4) is 11.5 Å². The van der Waals surface area contributed by atoms with Gasteiger partial charge < -0.3 is 19.1 Å². The van der Waals surface area contributed by atoms with Crippen molar-refractivity contribution in [3.63, 3.8) is 0 Å². The lowest BCUT2D eigenvalue weighted by Gasteiger charge is -2.33. The van der Waals surface area contributed by atoms with Crippen molar-refractivity contribution >= 4 is 6.09 Å². The maximum Gasteiger partial charge on any atom is 0.410 e. The molecule has 1 saturated carbocycles. The summed E-state index contributed by atoms with van der Waals surface area (Å²) in [5, 5.41) is 0. The lowest BCUT2D eigenvalue weighted by Crippen LogP contribution is -2.44. The molecule has 0 spiro atoms. The summed E-state index contributed by atoms with van der Waals surface area (Å²) in [6.45, 7) is 9.08. The Hall–Kier alpha value is -1.91. The van der Waals surface area contributed by atoms with E-state index in [9.17, 15) is 4.79 Å². The quantitative estimate of drug-likeness (QED) is 0.735. The maximum absolute atomic E-state index is 12.2. The average molecular weight is 376 g/mol. The molecule has 1 aromatic carbocycles. The summed E-state index contributed by atoms with van der Waals surface area (Å²) < 4.78 is 17.8. The van der Waals surface area contributed by atoms with Crippen molar-refractivity contribution in [2.75, 3.05) is 13.1 Å². The van der Waals surface area contributed by atoms with Crippen LogP contribution in [0.2, 0.25) is 0 Å². The zero-order valence-electron chi connectivity index (χ0n) is 17.1. The van der Waals surface area contributed by atoms with Gasteiger partial charge in [0.15, 0.2) is 0 Å². The van der Waals surface area contributed by atoms with Gasteiger partial charge in [-0.25, -0.2) is 4.79 Å². The van der Waals surface area contributed by atoms with Gasteiger partial charge in [0, 0.05) is 32.0 Å². The summed E-state index contributed by atoms with van der Waals surface area (Å²) in [7, 11) is 0. The van der Waals surface area contributed by atoms with Crippen LogP contribution in [0.5, 0.6) is 11.5 Å². The third-order valence-corrected chi connectivity index (χ3v) is 5.15. The van der Waals surface area contributed by atoms with Crippen molar-refractivity contribution < 1.29 is 19.0 Å². The number of carbonyl (C=O) groups excluding carboxylic acids is 1. The Balaban J connectivity index is 1.52. The number of aryl methyl sites for hydroxylation is 1. The van der Waals surface area contributed by atoms with Gasteiger partial charge in [-0.15, -0.1) is 0 Å². The van der Waals surface area contributed by atoms with Crippen LogP contribution in [0.15, 0.2) is 18.2 Å². The highest BCUT2D eigenvalue weighted by molar-refractivity contribution is 5.68. The largest absolute Gasteiger partial charge is 0.490 e. The van der Waals surface area contributed by atoms with Gasteiger partial charge in [0.25, 0.3) is 0 Å². The number of rotatable bonds is 4. The molecule has 2 aliphatic rings. The summed E-state index contributed by atoms with van der Waals surface area (Å²) >= 11 is 0. The Morgan fingerprint density at radius 2 is 1.63 bits per heavy atom. The fourth-order valence-corrected chi connectivity index (χ4v) is 3.64. The number of ether oxygens (including phenoxy) is 3. The van der Waals surface area contributed by atoms with Gasteiger partial charge >= 0.3 is 6.09 Å². The second-order valence-corrected chi connectivity index (χ2v) is 8.74. The molecule has 5 nitrogen and oxygen atoms in total. The van der Waals surface area contributed by atoms with E-state index in [2.05, 4.69) is 13.0 Å². The lowest BCUT2D eigenvalue weighted by atomic mass is 10.1. The van der Waals surface area contributed by atoms with Gasteiger partial charge in [-0.1, -0.05) is 6.07 Å². The summed E-state index contributed by atoms with van der Waals surface area (Å²) in [6.07, 6.45) is 6.66. The smallest absolute Gasteiger partial charge is 0.410 e. The van der Waals surface area contributed by atoms with Gasteiger partial charge in [-0.05, 0) is 65.0 Å². The molecular weight excluding hydrogens is 342 g/mol. The fourth-order valence-electron chi connectivity index (χ4n) is 3.64. The first-order valence-electron chi connectivity index (χ1n) is 10.2. The van der Waals surface area contributed by atoms with Crippen LogP contribution < -0.4 is 9.47 Å². The van der Waals surface area contributed by atoms with E-state index in [1.165, 1.54) is 12.8 Å². The minimum absolute atomic E-state index is 0.116. The molecule has 1 amide bonds. The fraction of sp³-hybridized carbons (Fsp3) is 0.682. The van der Waals surface area contributed by atoms with Crippen LogP contribution in [0.25, 0.3) is 0 Å². The van der Waals surface area contributed by atoms with Crippen LogP contribution in [-0.4, -0.2) is 41.9 Å². The predicted molar refractivity (Wildman–Crippen MR) is 106 cm³/mol. The van der Waals surface area contributed by atoms with Crippen molar-refractivity contribution in [2.45, 2.75) is 84.0 Å². The first-order chi connectivity index (χ1) is 12.8. The highest BCUT2D eigenvalue weighted by Gasteiger charge is 2.27. The van der Waals surface area contributed by atoms with Gasteiger partial charge in [0.1, 0.15) is 23.2 Å². The monoisotopic (exact) mass is 375 g/mol. The number of likely N-dealkylation sites (tertiary alicyclic amines) is 1. The number of hydrogen-bond donors (Lipinski definition) is 0. The van der Waals surface area contributed by atoms with E-state index >= 15 is 0 Å². The van der Waals surface area contributed by atoms with Crippen molar-refractivity contribution in [1.82, 2.24) is 4.90 Å². The normalized spacial score (nSPS) is 19.2. The molecule has 150 valence electrons. The van der Waals surface area contributed by atoms with E-state index in [1.807, 2.05) is 32.9 Å². The number of benzene rings is 1. The van der Waals surface area contributed by atoms with Crippen molar-refractivity contribution in [2.24, 2.45) is 0 Å². The zero-order chi connectivity index (χ0) is 19.4. The molecule has 27 heavy (non-hydrogen) atoms. The Bertz CT molecular complexity index is 638. The van der Waals surface area contributed by atoms with Gasteiger partial charge in [0.05, 0.1) is 6.10 Å². The number of carbonyl (C=O) groups is 1. The molecule has 0 N–H and O–H groups in total. The van der Waals surface area contributed by atoms with Crippen molar-refractivity contribution in [1.29, 1.82) is 0 Å². The van der Waals surface area contributed by atoms with Crippen LogP contribution in [-0.2, 0) is 4.74 Å². The molecular formula is C22H33NO4. The molecule has 0 bridgehead atoms. The Kier molecular flexibility index (Phi) is 6.18. The Morgan fingerprint density at radius 3 is 2.26 bits per heavy atom. The number of hydrogen-bond acceptors (Lipinski definition) is 4. The third-order valence-electron chi connectivity index (χ3n) is 5.15. The van der Waals surface area contributed by atoms with Crippen LogP contribution >= 0.6 is 0 Å². The molecule has 1 aliphatic carbocycles. The summed E-state index contributed by atoms with van der Waals surface area (Å²) in [4.78, 5) is 13.9. The van der Waals surface area contributed by atoms with Crippen LogP contribution in [0, 0.1) is 6.92 Å². The van der Waals surface area contributed by atoms with Crippen LogP contribution in [0.1, 0.15) is 64.9 Å². The van der Waals surface area contributed by atoms with Gasteiger partial charge in [0.2, 0.25) is 0 Å². The summed E-state index contributed by atoms with van der Waals surface area (Å²) in [5.41, 5.74) is 0.691. The van der Waals surface area contributed by atoms with E-state index in [0.29, 0.717) is 19.2 Å². The molecule has 1 aromatic rings. The molecule has 0 unspecified atom stereocenters. The third kappa shape index (κ3) is 5.78. The minimum atomic E-state index is -0.456. The van der Waals surface area contributed by atoms with Crippen LogP contribution in [0.4, 0.5) is 4.79 Å². The SMILES string of the molecule is Cc1ccc(OC2CCN(C(=O)OC(C)(C)C)CC2)cc1OC1CCCC1. The topological polar surface area (TPSA) is 48.0 Å².